The number of nitrogens with zero attached hydrogens (tertiary/aromatic N) is 3. The van der Waals surface area contributed by atoms with Crippen molar-refractivity contribution in [1.82, 2.24) is 15.1 Å². The number of nitrogens with one attached hydrogen (secondary N) is 1. The topological polar surface area (TPSA) is 49.3 Å². The van der Waals surface area contributed by atoms with Crippen molar-refractivity contribution in [3.63, 3.8) is 0 Å². The normalized spacial score (nSPS) is 20.6. The SMILES string of the molecule is CCCCOCCOCCN=C(NCC)N1CCC(N2CC=CC2)C1.I. The minimum Gasteiger partial charge on any atom is -0.379 e. The molecular weight excluding hydrogens is 443 g/mol. The van der Waals surface area contributed by atoms with Crippen LogP contribution in [0.25, 0.3) is 0 Å². The molecule has 2 rings (SSSR count). The molecule has 1 fully saturated rings. The third-order valence-corrected chi connectivity index (χ3v) is 4.67. The maximum Gasteiger partial charge on any atom is 0.194 e. The lowest BCUT2D eigenvalue weighted by atomic mass is 10.2. The highest BCUT2D eigenvalue weighted by Crippen LogP contribution is 2.17. The van der Waals surface area contributed by atoms with E-state index in [1.54, 1.807) is 0 Å². The number of ether oxygens (including phenoxy) is 2. The molecule has 0 aromatic carbocycles. The lowest BCUT2D eigenvalue weighted by Crippen LogP contribution is -2.43. The first-order chi connectivity index (χ1) is 12.3. The summed E-state index contributed by atoms with van der Waals surface area (Å²) in [5.41, 5.74) is 0. The van der Waals surface area contributed by atoms with Gasteiger partial charge in [0.1, 0.15) is 0 Å². The van der Waals surface area contributed by atoms with Crippen LogP contribution in [0.1, 0.15) is 33.1 Å². The molecule has 2 aliphatic heterocycles. The summed E-state index contributed by atoms with van der Waals surface area (Å²) in [7, 11) is 0. The van der Waals surface area contributed by atoms with Crippen LogP contribution in [0.3, 0.4) is 0 Å². The zero-order valence-electron chi connectivity index (χ0n) is 16.5. The maximum atomic E-state index is 5.61. The molecule has 6 nitrogen and oxygen atoms in total. The molecule has 152 valence electrons. The first-order valence-electron chi connectivity index (χ1n) is 9.93. The van der Waals surface area contributed by atoms with Crippen LogP contribution in [0.4, 0.5) is 0 Å². The zero-order valence-corrected chi connectivity index (χ0v) is 18.8. The highest BCUT2D eigenvalue weighted by atomic mass is 127. The lowest BCUT2D eigenvalue weighted by molar-refractivity contribution is 0.0497. The van der Waals surface area contributed by atoms with Gasteiger partial charge in [0.2, 0.25) is 0 Å². The smallest absolute Gasteiger partial charge is 0.194 e. The second-order valence-electron chi connectivity index (χ2n) is 6.63. The third kappa shape index (κ3) is 8.54. The van der Waals surface area contributed by atoms with Crippen molar-refractivity contribution in [2.75, 3.05) is 65.7 Å². The highest BCUT2D eigenvalue weighted by Gasteiger charge is 2.29. The fourth-order valence-corrected chi connectivity index (χ4v) is 3.24. The van der Waals surface area contributed by atoms with Gasteiger partial charge in [0.15, 0.2) is 5.96 Å². The Morgan fingerprint density at radius 2 is 1.85 bits per heavy atom. The summed E-state index contributed by atoms with van der Waals surface area (Å²) in [6.07, 6.45) is 8.06. The number of halogens is 1. The molecular formula is C19H37IN4O2. The lowest BCUT2D eigenvalue weighted by Gasteiger charge is -2.25. The molecule has 2 heterocycles. The standard InChI is InChI=1S/C19H36N4O2.HI/c1-3-5-13-24-15-16-25-14-9-21-19(20-4-2)23-12-8-18(17-23)22-10-6-7-11-22;/h6-7,18H,3-5,8-17H2,1-2H3,(H,20,21);1H. The predicted octanol–water partition coefficient (Wildman–Crippen LogP) is 2.35. The van der Waals surface area contributed by atoms with E-state index in [0.717, 1.165) is 51.7 Å². The van der Waals surface area contributed by atoms with Crippen LogP contribution in [0.15, 0.2) is 17.1 Å². The molecule has 1 unspecified atom stereocenters. The number of aliphatic imine (C=N–C) groups is 1. The highest BCUT2D eigenvalue weighted by molar-refractivity contribution is 14.0. The van der Waals surface area contributed by atoms with Crippen molar-refractivity contribution < 1.29 is 9.47 Å². The fourth-order valence-electron chi connectivity index (χ4n) is 3.24. The maximum absolute atomic E-state index is 5.61. The third-order valence-electron chi connectivity index (χ3n) is 4.67. The van der Waals surface area contributed by atoms with Crippen molar-refractivity contribution in [2.24, 2.45) is 4.99 Å². The van der Waals surface area contributed by atoms with E-state index >= 15 is 0 Å². The van der Waals surface area contributed by atoms with Crippen molar-refractivity contribution in [3.05, 3.63) is 12.2 Å². The molecule has 0 saturated carbocycles. The minimum atomic E-state index is 0. The Morgan fingerprint density at radius 3 is 2.54 bits per heavy atom. The molecule has 0 amide bonds. The summed E-state index contributed by atoms with van der Waals surface area (Å²) in [6, 6.07) is 0.648. The summed E-state index contributed by atoms with van der Waals surface area (Å²) in [4.78, 5) is 9.67. The van der Waals surface area contributed by atoms with Gasteiger partial charge < -0.3 is 19.7 Å². The summed E-state index contributed by atoms with van der Waals surface area (Å²) in [5, 5.41) is 3.42. The number of guanidine groups is 1. The molecule has 1 saturated heterocycles. The van der Waals surface area contributed by atoms with E-state index in [9.17, 15) is 0 Å². The number of hydrogen-bond acceptors (Lipinski definition) is 4. The van der Waals surface area contributed by atoms with Crippen LogP contribution in [0.2, 0.25) is 0 Å². The van der Waals surface area contributed by atoms with Crippen LogP contribution < -0.4 is 5.32 Å². The molecule has 0 bridgehead atoms. The molecule has 0 radical (unpaired) electrons. The van der Waals surface area contributed by atoms with E-state index in [1.165, 1.54) is 12.8 Å². The van der Waals surface area contributed by atoms with Gasteiger partial charge in [-0.05, 0) is 19.8 Å². The molecule has 0 aromatic heterocycles. The van der Waals surface area contributed by atoms with Crippen LogP contribution in [-0.4, -0.2) is 87.5 Å². The molecule has 0 aromatic rings. The average Bonchev–Trinajstić information content (AvgIpc) is 3.30. The predicted molar refractivity (Wildman–Crippen MR) is 119 cm³/mol. The Bertz CT molecular complexity index is 412. The first kappa shape index (κ1) is 23.7. The zero-order chi connectivity index (χ0) is 17.7. The van der Waals surface area contributed by atoms with Crippen molar-refractivity contribution >= 4 is 29.9 Å². The molecule has 0 spiro atoms. The van der Waals surface area contributed by atoms with Gasteiger partial charge in [-0.25, -0.2) is 0 Å². The second-order valence-corrected chi connectivity index (χ2v) is 6.63. The number of unbranched alkanes of at least 4 members (excludes halogenated alkanes) is 1. The summed E-state index contributed by atoms with van der Waals surface area (Å²) in [6.45, 7) is 13.1. The molecule has 0 aliphatic carbocycles. The van der Waals surface area contributed by atoms with E-state index in [-0.39, 0.29) is 24.0 Å². The molecule has 26 heavy (non-hydrogen) atoms. The van der Waals surface area contributed by atoms with Gasteiger partial charge in [0.25, 0.3) is 0 Å². The van der Waals surface area contributed by atoms with E-state index in [4.69, 9.17) is 14.5 Å². The second kappa shape index (κ2) is 14.6. The van der Waals surface area contributed by atoms with Crippen molar-refractivity contribution in [1.29, 1.82) is 0 Å². The molecule has 7 heteroatoms. The molecule has 1 N–H and O–H groups in total. The van der Waals surface area contributed by atoms with Crippen LogP contribution in [-0.2, 0) is 9.47 Å². The fraction of sp³-hybridized carbons (Fsp3) is 0.842. The Balaban J connectivity index is 0.00000338. The van der Waals surface area contributed by atoms with Gasteiger partial charge in [-0.3, -0.25) is 9.89 Å². The van der Waals surface area contributed by atoms with Gasteiger partial charge >= 0.3 is 0 Å². The summed E-state index contributed by atoms with van der Waals surface area (Å²) in [5.74, 6) is 1.03. The Kier molecular flexibility index (Phi) is 13.3. The van der Waals surface area contributed by atoms with Gasteiger partial charge in [-0.15, -0.1) is 24.0 Å². The van der Waals surface area contributed by atoms with E-state index in [1.807, 2.05) is 0 Å². The number of likely N-dealkylation sites (tertiary alicyclic amines) is 1. The van der Waals surface area contributed by atoms with E-state index in [2.05, 4.69) is 41.1 Å². The Morgan fingerprint density at radius 1 is 1.12 bits per heavy atom. The Hall–Kier alpha value is -0.380. The summed E-state index contributed by atoms with van der Waals surface area (Å²) >= 11 is 0. The number of hydrogen-bond donors (Lipinski definition) is 1. The van der Waals surface area contributed by atoms with Gasteiger partial charge in [-0.1, -0.05) is 25.5 Å². The van der Waals surface area contributed by atoms with Gasteiger partial charge in [0, 0.05) is 45.4 Å². The van der Waals surface area contributed by atoms with Gasteiger partial charge in [0.05, 0.1) is 26.4 Å². The largest absolute Gasteiger partial charge is 0.379 e. The monoisotopic (exact) mass is 480 g/mol. The quantitative estimate of drug-likeness (QED) is 0.162. The summed E-state index contributed by atoms with van der Waals surface area (Å²) < 4.78 is 11.1. The first-order valence-corrected chi connectivity index (χ1v) is 9.93. The van der Waals surface area contributed by atoms with Gasteiger partial charge in [-0.2, -0.15) is 0 Å². The average molecular weight is 480 g/mol. The van der Waals surface area contributed by atoms with Crippen LogP contribution in [0.5, 0.6) is 0 Å². The van der Waals surface area contributed by atoms with E-state index in [0.29, 0.717) is 32.4 Å². The minimum absolute atomic E-state index is 0. The molecule has 2 aliphatic rings. The van der Waals surface area contributed by atoms with Crippen molar-refractivity contribution in [3.8, 4) is 0 Å². The van der Waals surface area contributed by atoms with Crippen LogP contribution in [0, 0.1) is 0 Å². The number of rotatable bonds is 11. The molecule has 1 atom stereocenters. The van der Waals surface area contributed by atoms with E-state index < -0.39 is 0 Å². The van der Waals surface area contributed by atoms with Crippen molar-refractivity contribution in [2.45, 2.75) is 39.2 Å². The Labute approximate surface area is 176 Å². The van der Waals surface area contributed by atoms with Crippen LogP contribution >= 0.6 is 24.0 Å².